The average molecular weight is 486 g/mol. The van der Waals surface area contributed by atoms with Crippen LogP contribution in [0.1, 0.15) is 37.5 Å². The number of benzene rings is 3. The van der Waals surface area contributed by atoms with Crippen LogP contribution < -0.4 is 5.32 Å². The fourth-order valence-electron chi connectivity index (χ4n) is 4.14. The van der Waals surface area contributed by atoms with E-state index in [1.807, 2.05) is 62.4 Å². The first-order valence-electron chi connectivity index (χ1n) is 11.4. The van der Waals surface area contributed by atoms with Gasteiger partial charge in [-0.2, -0.15) is 4.52 Å². The molecule has 5 rings (SSSR count). The van der Waals surface area contributed by atoms with Crippen molar-refractivity contribution >= 4 is 37.9 Å². The van der Waals surface area contributed by atoms with Crippen LogP contribution in [0.3, 0.4) is 0 Å². The lowest BCUT2D eigenvalue weighted by molar-refractivity contribution is 0.585. The predicted molar refractivity (Wildman–Crippen MR) is 138 cm³/mol. The Morgan fingerprint density at radius 3 is 2.31 bits per heavy atom. The third kappa shape index (κ3) is 4.04. The molecule has 0 atom stereocenters. The van der Waals surface area contributed by atoms with Crippen LogP contribution >= 0.6 is 0 Å². The summed E-state index contributed by atoms with van der Waals surface area (Å²) in [6, 6.07) is 20.6. The summed E-state index contributed by atoms with van der Waals surface area (Å²) in [5.74, 6) is 0.543. The molecule has 0 radical (unpaired) electrons. The number of rotatable bonds is 4. The van der Waals surface area contributed by atoms with Crippen molar-refractivity contribution in [3.05, 3.63) is 83.4 Å². The molecule has 7 nitrogen and oxygen atoms in total. The lowest BCUT2D eigenvalue weighted by atomic mass is 9.87. The van der Waals surface area contributed by atoms with E-state index in [1.165, 1.54) is 4.52 Å². The van der Waals surface area contributed by atoms with Crippen LogP contribution in [0, 0.1) is 13.8 Å². The van der Waals surface area contributed by atoms with Crippen molar-refractivity contribution in [2.75, 3.05) is 5.32 Å². The van der Waals surface area contributed by atoms with Crippen molar-refractivity contribution in [3.8, 4) is 0 Å². The Bertz CT molecular complexity index is 1680. The molecular formula is C27H27N5O2S. The van der Waals surface area contributed by atoms with Gasteiger partial charge in [0.05, 0.1) is 10.4 Å². The molecule has 1 N–H and O–H groups in total. The van der Waals surface area contributed by atoms with E-state index in [2.05, 4.69) is 42.5 Å². The minimum Gasteiger partial charge on any atom is -0.339 e. The number of hydrogen-bond acceptors (Lipinski definition) is 6. The lowest BCUT2D eigenvalue weighted by Gasteiger charge is -2.19. The second-order valence-electron chi connectivity index (χ2n) is 9.83. The van der Waals surface area contributed by atoms with Gasteiger partial charge in [-0.25, -0.2) is 13.4 Å². The van der Waals surface area contributed by atoms with E-state index < -0.39 is 9.84 Å². The maximum absolute atomic E-state index is 13.6. The third-order valence-corrected chi connectivity index (χ3v) is 7.81. The van der Waals surface area contributed by atoms with Crippen LogP contribution in [0.2, 0.25) is 0 Å². The minimum absolute atomic E-state index is 0.0832. The fourth-order valence-corrected chi connectivity index (χ4v) is 5.38. The number of sulfone groups is 1. The molecule has 35 heavy (non-hydrogen) atoms. The Kier molecular flexibility index (Phi) is 5.36. The molecule has 2 aromatic heterocycles. The van der Waals surface area contributed by atoms with E-state index in [0.717, 1.165) is 27.8 Å². The van der Waals surface area contributed by atoms with Gasteiger partial charge in [-0.05, 0) is 60.7 Å². The maximum atomic E-state index is 13.6. The van der Waals surface area contributed by atoms with Gasteiger partial charge >= 0.3 is 0 Å². The number of hydrogen-bond donors (Lipinski definition) is 1. The van der Waals surface area contributed by atoms with Crippen molar-refractivity contribution in [2.24, 2.45) is 0 Å². The predicted octanol–water partition coefficient (Wildman–Crippen LogP) is 5.77. The summed E-state index contributed by atoms with van der Waals surface area (Å²) in [6.45, 7) is 10.3. The Balaban J connectivity index is 1.68. The van der Waals surface area contributed by atoms with Gasteiger partial charge in [-0.1, -0.05) is 67.9 Å². The van der Waals surface area contributed by atoms with E-state index in [0.29, 0.717) is 11.3 Å². The zero-order valence-corrected chi connectivity index (χ0v) is 21.2. The summed E-state index contributed by atoms with van der Waals surface area (Å²) in [4.78, 5) is 4.88. The third-order valence-electron chi connectivity index (χ3n) is 6.14. The van der Waals surface area contributed by atoms with Gasteiger partial charge in [0.15, 0.2) is 5.65 Å². The van der Waals surface area contributed by atoms with Gasteiger partial charge < -0.3 is 5.32 Å². The molecular weight excluding hydrogens is 458 g/mol. The first-order chi connectivity index (χ1) is 16.6. The van der Waals surface area contributed by atoms with Gasteiger partial charge in [0.2, 0.25) is 14.9 Å². The normalized spacial score (nSPS) is 12.4. The second kappa shape index (κ2) is 8.16. The summed E-state index contributed by atoms with van der Waals surface area (Å²) < 4.78 is 28.7. The summed E-state index contributed by atoms with van der Waals surface area (Å²) in [6.07, 6.45) is 0. The molecule has 8 heteroatoms. The summed E-state index contributed by atoms with van der Waals surface area (Å²) in [5, 5.41) is 12.3. The van der Waals surface area contributed by atoms with E-state index in [9.17, 15) is 8.42 Å². The Morgan fingerprint density at radius 1 is 0.914 bits per heavy atom. The molecule has 0 amide bonds. The molecule has 0 unspecified atom stereocenters. The highest BCUT2D eigenvalue weighted by atomic mass is 32.2. The first-order valence-corrected chi connectivity index (χ1v) is 12.9. The molecule has 0 aliphatic carbocycles. The van der Waals surface area contributed by atoms with E-state index in [1.54, 1.807) is 12.1 Å². The molecule has 3 aromatic carbocycles. The summed E-state index contributed by atoms with van der Waals surface area (Å²) >= 11 is 0. The van der Waals surface area contributed by atoms with Crippen LogP contribution in [0.15, 0.2) is 76.7 Å². The van der Waals surface area contributed by atoms with Crippen molar-refractivity contribution in [3.63, 3.8) is 0 Å². The van der Waals surface area contributed by atoms with Crippen molar-refractivity contribution in [1.82, 2.24) is 19.8 Å². The molecule has 0 spiro atoms. The SMILES string of the molecule is Cc1ccc(Nc2nc3c(S(=O)(=O)c4ccc(C(C)(C)C)cc4)nnn3c3ccccc23)c(C)c1. The quantitative estimate of drug-likeness (QED) is 0.348. The van der Waals surface area contributed by atoms with Crippen LogP contribution in [0.5, 0.6) is 0 Å². The van der Waals surface area contributed by atoms with Gasteiger partial charge in [0.25, 0.3) is 0 Å². The maximum Gasteiger partial charge on any atom is 0.229 e. The zero-order valence-electron chi connectivity index (χ0n) is 20.4. The number of nitrogens with zero attached hydrogens (tertiary/aromatic N) is 4. The molecule has 2 heterocycles. The second-order valence-corrected chi connectivity index (χ2v) is 11.7. The summed E-state index contributed by atoms with van der Waals surface area (Å²) in [5.41, 5.74) is 4.97. The van der Waals surface area contributed by atoms with Gasteiger partial charge in [-0.15, -0.1) is 5.10 Å². The van der Waals surface area contributed by atoms with Gasteiger partial charge in [0, 0.05) is 11.1 Å². The molecule has 0 saturated heterocycles. The van der Waals surface area contributed by atoms with Crippen molar-refractivity contribution in [2.45, 2.75) is 50.0 Å². The Hall–Kier alpha value is -3.78. The largest absolute Gasteiger partial charge is 0.339 e. The number of para-hydroxylation sites is 1. The molecule has 5 aromatic rings. The molecule has 0 aliphatic rings. The minimum atomic E-state index is -3.94. The summed E-state index contributed by atoms with van der Waals surface area (Å²) in [7, 11) is -3.94. The number of aromatic nitrogens is 4. The first kappa shape index (κ1) is 23.0. The van der Waals surface area contributed by atoms with Gasteiger partial charge in [0.1, 0.15) is 5.82 Å². The lowest BCUT2D eigenvalue weighted by Crippen LogP contribution is -2.11. The molecule has 0 aliphatic heterocycles. The highest BCUT2D eigenvalue weighted by molar-refractivity contribution is 7.91. The average Bonchev–Trinajstić information content (AvgIpc) is 3.25. The van der Waals surface area contributed by atoms with E-state index in [-0.39, 0.29) is 21.0 Å². The van der Waals surface area contributed by atoms with Crippen molar-refractivity contribution in [1.29, 1.82) is 0 Å². The monoisotopic (exact) mass is 485 g/mol. The van der Waals surface area contributed by atoms with E-state index in [4.69, 9.17) is 4.98 Å². The molecule has 178 valence electrons. The molecule has 0 fully saturated rings. The zero-order chi connectivity index (χ0) is 25.0. The topological polar surface area (TPSA) is 89.2 Å². The van der Waals surface area contributed by atoms with Crippen molar-refractivity contribution < 1.29 is 8.42 Å². The smallest absolute Gasteiger partial charge is 0.229 e. The standard InChI is InChI=1S/C27H27N5O2S/c1-17-10-15-22(18(2)16-17)28-24-21-8-6-7-9-23(21)32-25(29-24)26(30-31-32)35(33,34)20-13-11-19(12-14-20)27(3,4)5/h6-16H,1-5H3,(H,28,29). The number of aryl methyl sites for hydroxylation is 2. The van der Waals surface area contributed by atoms with Crippen LogP contribution in [-0.4, -0.2) is 28.2 Å². The van der Waals surface area contributed by atoms with Crippen LogP contribution in [0.25, 0.3) is 16.6 Å². The highest BCUT2D eigenvalue weighted by Gasteiger charge is 2.27. The van der Waals surface area contributed by atoms with Crippen LogP contribution in [-0.2, 0) is 15.3 Å². The highest BCUT2D eigenvalue weighted by Crippen LogP contribution is 2.31. The van der Waals surface area contributed by atoms with Crippen LogP contribution in [0.4, 0.5) is 11.5 Å². The Morgan fingerprint density at radius 2 is 1.63 bits per heavy atom. The van der Waals surface area contributed by atoms with E-state index >= 15 is 0 Å². The molecule has 0 saturated carbocycles. The number of fused-ring (bicyclic) bond motifs is 3. The molecule has 0 bridgehead atoms. The number of anilines is 2. The Labute approximate surface area is 204 Å². The number of nitrogens with one attached hydrogen (secondary N) is 1. The van der Waals surface area contributed by atoms with Gasteiger partial charge in [-0.3, -0.25) is 0 Å². The fraction of sp³-hybridized carbons (Fsp3) is 0.222.